The predicted octanol–water partition coefficient (Wildman–Crippen LogP) is 7.47. The van der Waals surface area contributed by atoms with Crippen LogP contribution < -0.4 is 4.74 Å². The molecule has 1 heterocycles. The van der Waals surface area contributed by atoms with Crippen LogP contribution in [0.25, 0.3) is 11.3 Å². The van der Waals surface area contributed by atoms with Crippen LogP contribution in [0.1, 0.15) is 77.2 Å². The molecule has 2 aromatic rings. The summed E-state index contributed by atoms with van der Waals surface area (Å²) in [5.74, 6) is 2.81. The number of unbranched alkanes of at least 4 members (excludes halogenated alkanes) is 1. The first-order chi connectivity index (χ1) is 13.8. The fourth-order valence-electron chi connectivity index (χ4n) is 4.37. The Morgan fingerprint density at radius 1 is 0.857 bits per heavy atom. The molecule has 1 aliphatic carbocycles. The van der Waals surface area contributed by atoms with E-state index in [-0.39, 0.29) is 0 Å². The molecule has 1 aromatic carbocycles. The number of hydrogen-bond acceptors (Lipinski definition) is 2. The number of pyridine rings is 1. The molecule has 0 bridgehead atoms. The van der Waals surface area contributed by atoms with Crippen LogP contribution in [-0.2, 0) is 6.42 Å². The van der Waals surface area contributed by atoms with Gasteiger partial charge in [0.1, 0.15) is 5.75 Å². The number of hydrogen-bond donors (Lipinski definition) is 0. The minimum atomic E-state index is 0.746. The van der Waals surface area contributed by atoms with Crippen molar-refractivity contribution in [1.29, 1.82) is 0 Å². The minimum absolute atomic E-state index is 0.746. The Labute approximate surface area is 171 Å². The summed E-state index contributed by atoms with van der Waals surface area (Å²) in [6, 6.07) is 13.1. The summed E-state index contributed by atoms with van der Waals surface area (Å²) in [6.07, 6.45) is 15.5. The van der Waals surface area contributed by atoms with E-state index in [2.05, 4.69) is 49.2 Å². The second-order valence-corrected chi connectivity index (χ2v) is 8.49. The molecule has 0 N–H and O–H groups in total. The molecule has 0 saturated heterocycles. The van der Waals surface area contributed by atoms with Gasteiger partial charge in [0.05, 0.1) is 18.5 Å². The van der Waals surface area contributed by atoms with Crippen molar-refractivity contribution in [2.45, 2.75) is 78.1 Å². The number of aryl methyl sites for hydroxylation is 1. The second-order valence-electron chi connectivity index (χ2n) is 8.49. The maximum absolute atomic E-state index is 5.62. The van der Waals surface area contributed by atoms with E-state index in [0.717, 1.165) is 36.3 Å². The van der Waals surface area contributed by atoms with Crippen LogP contribution in [0.4, 0.5) is 0 Å². The van der Waals surface area contributed by atoms with Gasteiger partial charge < -0.3 is 4.74 Å². The largest absolute Gasteiger partial charge is 0.492 e. The average molecular weight is 380 g/mol. The zero-order valence-corrected chi connectivity index (χ0v) is 17.8. The fraction of sp³-hybridized carbons (Fsp3) is 0.577. The van der Waals surface area contributed by atoms with Gasteiger partial charge in [0, 0.05) is 5.56 Å². The Balaban J connectivity index is 1.44. The summed E-state index contributed by atoms with van der Waals surface area (Å²) in [4.78, 5) is 4.55. The first-order valence-corrected chi connectivity index (χ1v) is 11.5. The third-order valence-electron chi connectivity index (χ3n) is 6.23. The molecule has 28 heavy (non-hydrogen) atoms. The van der Waals surface area contributed by atoms with E-state index in [1.807, 2.05) is 12.3 Å². The topological polar surface area (TPSA) is 22.1 Å². The van der Waals surface area contributed by atoms with Crippen LogP contribution in [0.15, 0.2) is 42.6 Å². The van der Waals surface area contributed by atoms with E-state index < -0.39 is 0 Å². The molecule has 0 aliphatic heterocycles. The van der Waals surface area contributed by atoms with Gasteiger partial charge in [-0.1, -0.05) is 83.1 Å². The zero-order chi connectivity index (χ0) is 19.6. The summed E-state index contributed by atoms with van der Waals surface area (Å²) in [7, 11) is 0. The van der Waals surface area contributed by atoms with Gasteiger partial charge in [0.2, 0.25) is 0 Å². The standard InChI is InChI=1S/C26H37NO/c1-3-5-6-21-7-9-22(10-8-21)11-12-23-13-15-24(16-14-23)26-18-17-25(20-27-26)28-19-4-2/h13-18,20-22H,3-12,19H2,1-2H3. The molecule has 0 unspecified atom stereocenters. The smallest absolute Gasteiger partial charge is 0.137 e. The van der Waals surface area contributed by atoms with E-state index in [1.54, 1.807) is 0 Å². The highest BCUT2D eigenvalue weighted by atomic mass is 16.5. The highest BCUT2D eigenvalue weighted by Crippen LogP contribution is 2.34. The molecule has 0 atom stereocenters. The van der Waals surface area contributed by atoms with Crippen molar-refractivity contribution in [3.05, 3.63) is 48.2 Å². The van der Waals surface area contributed by atoms with Crippen molar-refractivity contribution in [3.63, 3.8) is 0 Å². The Kier molecular flexibility index (Phi) is 8.39. The Hall–Kier alpha value is -1.83. The Morgan fingerprint density at radius 3 is 2.18 bits per heavy atom. The van der Waals surface area contributed by atoms with Gasteiger partial charge >= 0.3 is 0 Å². The van der Waals surface area contributed by atoms with Crippen LogP contribution >= 0.6 is 0 Å². The van der Waals surface area contributed by atoms with Gasteiger partial charge in [-0.2, -0.15) is 0 Å². The summed E-state index contributed by atoms with van der Waals surface area (Å²) >= 11 is 0. The average Bonchev–Trinajstić information content (AvgIpc) is 2.76. The summed E-state index contributed by atoms with van der Waals surface area (Å²) < 4.78 is 5.62. The molecular weight excluding hydrogens is 342 g/mol. The van der Waals surface area contributed by atoms with Gasteiger partial charge in [-0.05, 0) is 48.8 Å². The van der Waals surface area contributed by atoms with Gasteiger partial charge in [-0.15, -0.1) is 0 Å². The molecule has 1 aliphatic rings. The molecule has 1 saturated carbocycles. The number of ether oxygens (including phenoxy) is 1. The molecule has 1 aromatic heterocycles. The van der Waals surface area contributed by atoms with E-state index in [9.17, 15) is 0 Å². The number of nitrogens with zero attached hydrogens (tertiary/aromatic N) is 1. The van der Waals surface area contributed by atoms with E-state index >= 15 is 0 Å². The quantitative estimate of drug-likeness (QED) is 0.427. The van der Waals surface area contributed by atoms with E-state index in [0.29, 0.717) is 0 Å². The van der Waals surface area contributed by atoms with Crippen LogP contribution in [-0.4, -0.2) is 11.6 Å². The number of rotatable bonds is 10. The zero-order valence-electron chi connectivity index (χ0n) is 17.8. The SMILES string of the molecule is CCCCC1CCC(CCc2ccc(-c3ccc(OCCC)cn3)cc2)CC1. The van der Waals surface area contributed by atoms with Crippen molar-refractivity contribution < 1.29 is 4.74 Å². The van der Waals surface area contributed by atoms with Gasteiger partial charge in [0.25, 0.3) is 0 Å². The number of benzene rings is 1. The monoisotopic (exact) mass is 379 g/mol. The molecule has 0 amide bonds. The lowest BCUT2D eigenvalue weighted by atomic mass is 9.78. The van der Waals surface area contributed by atoms with Crippen LogP contribution in [0.5, 0.6) is 5.75 Å². The van der Waals surface area contributed by atoms with E-state index in [1.165, 1.54) is 68.9 Å². The summed E-state index contributed by atoms with van der Waals surface area (Å²) in [6.45, 7) is 5.17. The first-order valence-electron chi connectivity index (χ1n) is 11.5. The molecule has 0 radical (unpaired) electrons. The molecule has 1 fully saturated rings. The third-order valence-corrected chi connectivity index (χ3v) is 6.23. The first kappa shape index (κ1) is 20.9. The Morgan fingerprint density at radius 2 is 1.57 bits per heavy atom. The van der Waals surface area contributed by atoms with Crippen molar-refractivity contribution >= 4 is 0 Å². The Bertz CT molecular complexity index is 669. The lowest BCUT2D eigenvalue weighted by Crippen LogP contribution is -2.15. The summed E-state index contributed by atoms with van der Waals surface area (Å²) in [5.41, 5.74) is 3.66. The third kappa shape index (κ3) is 6.36. The molecule has 2 nitrogen and oxygen atoms in total. The molecule has 2 heteroatoms. The molecule has 152 valence electrons. The molecular formula is C26H37NO. The predicted molar refractivity (Wildman–Crippen MR) is 119 cm³/mol. The van der Waals surface area contributed by atoms with Crippen molar-refractivity contribution in [2.75, 3.05) is 6.61 Å². The lowest BCUT2D eigenvalue weighted by molar-refractivity contribution is 0.250. The highest BCUT2D eigenvalue weighted by Gasteiger charge is 2.20. The van der Waals surface area contributed by atoms with Crippen molar-refractivity contribution in [2.24, 2.45) is 11.8 Å². The maximum atomic E-state index is 5.62. The van der Waals surface area contributed by atoms with Crippen molar-refractivity contribution in [1.82, 2.24) is 4.98 Å². The molecule has 0 spiro atoms. The highest BCUT2D eigenvalue weighted by molar-refractivity contribution is 5.59. The fourth-order valence-corrected chi connectivity index (χ4v) is 4.37. The van der Waals surface area contributed by atoms with Crippen LogP contribution in [0.3, 0.4) is 0 Å². The number of aromatic nitrogens is 1. The molecule has 3 rings (SSSR count). The minimum Gasteiger partial charge on any atom is -0.492 e. The van der Waals surface area contributed by atoms with Crippen molar-refractivity contribution in [3.8, 4) is 17.0 Å². The van der Waals surface area contributed by atoms with E-state index in [4.69, 9.17) is 4.74 Å². The van der Waals surface area contributed by atoms with Gasteiger partial charge in [0.15, 0.2) is 0 Å². The lowest BCUT2D eigenvalue weighted by Gasteiger charge is -2.28. The second kappa shape index (κ2) is 11.2. The van der Waals surface area contributed by atoms with Gasteiger partial charge in [-0.3, -0.25) is 4.98 Å². The van der Waals surface area contributed by atoms with Crippen LogP contribution in [0, 0.1) is 11.8 Å². The normalized spacial score (nSPS) is 19.5. The van der Waals surface area contributed by atoms with Gasteiger partial charge in [-0.25, -0.2) is 0 Å². The van der Waals surface area contributed by atoms with Crippen LogP contribution in [0.2, 0.25) is 0 Å². The summed E-state index contributed by atoms with van der Waals surface area (Å²) in [5, 5.41) is 0. The maximum Gasteiger partial charge on any atom is 0.137 e.